The van der Waals surface area contributed by atoms with Gasteiger partial charge >= 0.3 is 0 Å². The predicted octanol–water partition coefficient (Wildman–Crippen LogP) is 4.17. The molecule has 1 nitrogen and oxygen atoms in total. The number of hydrogen-bond donors (Lipinski definition) is 1. The van der Waals surface area contributed by atoms with Gasteiger partial charge in [0.15, 0.2) is 0 Å². The van der Waals surface area contributed by atoms with E-state index in [1.807, 2.05) is 19.1 Å². The molecule has 20 heavy (non-hydrogen) atoms. The minimum absolute atomic E-state index is 0.293. The van der Waals surface area contributed by atoms with Crippen molar-refractivity contribution in [1.29, 1.82) is 0 Å². The van der Waals surface area contributed by atoms with Crippen molar-refractivity contribution in [1.82, 2.24) is 0 Å². The summed E-state index contributed by atoms with van der Waals surface area (Å²) < 4.78 is 27.4. The van der Waals surface area contributed by atoms with E-state index in [1.54, 1.807) is 6.07 Å². The maximum Gasteiger partial charge on any atom is 0.132 e. The number of benzene rings is 2. The fourth-order valence-electron chi connectivity index (χ4n) is 2.43. The Morgan fingerprint density at radius 2 is 1.55 bits per heavy atom. The van der Waals surface area contributed by atoms with E-state index in [0.29, 0.717) is 5.56 Å². The third-order valence-corrected chi connectivity index (χ3v) is 3.58. The van der Waals surface area contributed by atoms with Crippen LogP contribution in [0.5, 0.6) is 0 Å². The molecule has 2 aromatic carbocycles. The molecular formula is C17H18F2O. The molecule has 0 bridgehead atoms. The standard InChI is InChI=1S/C17H18F2O/c1-3-11-8-9-13(10-12(11)4-2)17(20)16-14(18)6-5-7-15(16)19/h5-10,17,20H,3-4H2,1-2H3. The molecule has 3 heteroatoms. The molecule has 2 aromatic rings. The highest BCUT2D eigenvalue weighted by Crippen LogP contribution is 2.28. The number of hydrogen-bond acceptors (Lipinski definition) is 1. The number of aliphatic hydroxyl groups is 1. The second kappa shape index (κ2) is 6.14. The molecule has 0 heterocycles. The van der Waals surface area contributed by atoms with Crippen molar-refractivity contribution in [2.45, 2.75) is 32.8 Å². The zero-order chi connectivity index (χ0) is 14.7. The molecule has 0 radical (unpaired) electrons. The Bertz CT molecular complexity index is 588. The van der Waals surface area contributed by atoms with Crippen molar-refractivity contribution in [3.8, 4) is 0 Å². The van der Waals surface area contributed by atoms with E-state index in [0.717, 1.165) is 30.5 Å². The van der Waals surface area contributed by atoms with Crippen LogP contribution in [0.2, 0.25) is 0 Å². The van der Waals surface area contributed by atoms with Crippen molar-refractivity contribution in [3.63, 3.8) is 0 Å². The summed E-state index contributed by atoms with van der Waals surface area (Å²) in [6.07, 6.45) is 0.435. The summed E-state index contributed by atoms with van der Waals surface area (Å²) in [6.45, 7) is 4.08. The normalized spacial score (nSPS) is 12.4. The summed E-state index contributed by atoms with van der Waals surface area (Å²) in [6, 6.07) is 9.07. The van der Waals surface area contributed by atoms with Gasteiger partial charge in [0, 0.05) is 0 Å². The third kappa shape index (κ3) is 2.73. The Balaban J connectivity index is 2.46. The molecule has 1 unspecified atom stereocenters. The molecule has 0 aliphatic rings. The Morgan fingerprint density at radius 1 is 0.950 bits per heavy atom. The van der Waals surface area contributed by atoms with Gasteiger partial charge in [0.25, 0.3) is 0 Å². The van der Waals surface area contributed by atoms with E-state index in [-0.39, 0.29) is 5.56 Å². The van der Waals surface area contributed by atoms with Crippen LogP contribution in [0.15, 0.2) is 36.4 Å². The molecule has 0 spiro atoms. The van der Waals surface area contributed by atoms with Crippen molar-refractivity contribution in [3.05, 3.63) is 70.3 Å². The van der Waals surface area contributed by atoms with E-state index in [9.17, 15) is 13.9 Å². The fourth-order valence-corrected chi connectivity index (χ4v) is 2.43. The van der Waals surface area contributed by atoms with Crippen LogP contribution >= 0.6 is 0 Å². The highest BCUT2D eigenvalue weighted by Gasteiger charge is 2.20. The Labute approximate surface area is 117 Å². The third-order valence-electron chi connectivity index (χ3n) is 3.58. The van der Waals surface area contributed by atoms with Crippen LogP contribution in [0, 0.1) is 11.6 Å². The summed E-state index contributed by atoms with van der Waals surface area (Å²) in [5.41, 5.74) is 2.51. The average Bonchev–Trinajstić information content (AvgIpc) is 2.46. The highest BCUT2D eigenvalue weighted by atomic mass is 19.1. The van der Waals surface area contributed by atoms with Gasteiger partial charge in [-0.05, 0) is 41.7 Å². The first kappa shape index (κ1) is 14.7. The molecule has 0 saturated heterocycles. The molecule has 2 rings (SSSR count). The molecule has 1 atom stereocenters. The first-order valence-electron chi connectivity index (χ1n) is 6.82. The second-order valence-electron chi connectivity index (χ2n) is 4.77. The van der Waals surface area contributed by atoms with Crippen LogP contribution in [0.1, 0.15) is 42.2 Å². The summed E-state index contributed by atoms with van der Waals surface area (Å²) in [7, 11) is 0. The van der Waals surface area contributed by atoms with Gasteiger partial charge in [-0.2, -0.15) is 0 Å². The van der Waals surface area contributed by atoms with Gasteiger partial charge in [-0.15, -0.1) is 0 Å². The Hall–Kier alpha value is -1.74. The molecule has 1 N–H and O–H groups in total. The Morgan fingerprint density at radius 3 is 2.10 bits per heavy atom. The molecule has 106 valence electrons. The lowest BCUT2D eigenvalue weighted by Crippen LogP contribution is -2.07. The van der Waals surface area contributed by atoms with Crippen molar-refractivity contribution >= 4 is 0 Å². The van der Waals surface area contributed by atoms with E-state index in [2.05, 4.69) is 6.92 Å². The molecule has 0 aliphatic carbocycles. The van der Waals surface area contributed by atoms with E-state index in [4.69, 9.17) is 0 Å². The molecule has 0 aromatic heterocycles. The number of aryl methyl sites for hydroxylation is 2. The van der Waals surface area contributed by atoms with Gasteiger partial charge in [-0.25, -0.2) is 8.78 Å². The maximum absolute atomic E-state index is 13.7. The maximum atomic E-state index is 13.7. The molecule has 0 aliphatic heterocycles. The molecule has 0 saturated carbocycles. The number of halogens is 2. The Kier molecular flexibility index (Phi) is 4.50. The number of rotatable bonds is 4. The smallest absolute Gasteiger partial charge is 0.132 e. The van der Waals surface area contributed by atoms with E-state index < -0.39 is 17.7 Å². The molecular weight excluding hydrogens is 258 g/mol. The van der Waals surface area contributed by atoms with Gasteiger partial charge in [-0.1, -0.05) is 38.1 Å². The zero-order valence-corrected chi connectivity index (χ0v) is 11.7. The van der Waals surface area contributed by atoms with E-state index >= 15 is 0 Å². The van der Waals surface area contributed by atoms with Gasteiger partial charge in [0.2, 0.25) is 0 Å². The number of aliphatic hydroxyl groups excluding tert-OH is 1. The summed E-state index contributed by atoms with van der Waals surface area (Å²) in [4.78, 5) is 0. The lowest BCUT2D eigenvalue weighted by atomic mass is 9.94. The van der Waals surface area contributed by atoms with Crippen LogP contribution in [-0.2, 0) is 12.8 Å². The van der Waals surface area contributed by atoms with Gasteiger partial charge in [-0.3, -0.25) is 0 Å². The summed E-state index contributed by atoms with van der Waals surface area (Å²) in [5, 5.41) is 10.3. The van der Waals surface area contributed by atoms with Crippen LogP contribution in [0.25, 0.3) is 0 Å². The minimum atomic E-state index is -1.28. The lowest BCUT2D eigenvalue weighted by molar-refractivity contribution is 0.209. The van der Waals surface area contributed by atoms with Gasteiger partial charge in [0.1, 0.15) is 17.7 Å². The van der Waals surface area contributed by atoms with Crippen LogP contribution in [0.3, 0.4) is 0 Å². The lowest BCUT2D eigenvalue weighted by Gasteiger charge is -2.16. The largest absolute Gasteiger partial charge is 0.383 e. The van der Waals surface area contributed by atoms with Crippen LogP contribution in [0.4, 0.5) is 8.78 Å². The van der Waals surface area contributed by atoms with E-state index in [1.165, 1.54) is 11.6 Å². The van der Waals surface area contributed by atoms with Gasteiger partial charge in [0.05, 0.1) is 5.56 Å². The van der Waals surface area contributed by atoms with Crippen LogP contribution < -0.4 is 0 Å². The quantitative estimate of drug-likeness (QED) is 0.888. The SMILES string of the molecule is CCc1ccc(C(O)c2c(F)cccc2F)cc1CC. The first-order chi connectivity index (χ1) is 9.58. The molecule has 0 amide bonds. The summed E-state index contributed by atoms with van der Waals surface area (Å²) in [5.74, 6) is -1.45. The molecule has 0 fully saturated rings. The summed E-state index contributed by atoms with van der Waals surface area (Å²) >= 11 is 0. The van der Waals surface area contributed by atoms with Crippen molar-refractivity contribution in [2.24, 2.45) is 0 Å². The fraction of sp³-hybridized carbons (Fsp3) is 0.294. The van der Waals surface area contributed by atoms with Crippen LogP contribution in [-0.4, -0.2) is 5.11 Å². The predicted molar refractivity (Wildman–Crippen MR) is 75.6 cm³/mol. The van der Waals surface area contributed by atoms with Crippen molar-refractivity contribution in [2.75, 3.05) is 0 Å². The first-order valence-corrected chi connectivity index (χ1v) is 6.82. The topological polar surface area (TPSA) is 20.2 Å². The second-order valence-corrected chi connectivity index (χ2v) is 4.77. The highest BCUT2D eigenvalue weighted by molar-refractivity contribution is 5.38. The average molecular weight is 276 g/mol. The van der Waals surface area contributed by atoms with Gasteiger partial charge < -0.3 is 5.11 Å². The minimum Gasteiger partial charge on any atom is -0.383 e. The zero-order valence-electron chi connectivity index (χ0n) is 11.7. The monoisotopic (exact) mass is 276 g/mol. The van der Waals surface area contributed by atoms with Crippen molar-refractivity contribution < 1.29 is 13.9 Å².